The highest BCUT2D eigenvalue weighted by Gasteiger charge is 2.35. The van der Waals surface area contributed by atoms with Gasteiger partial charge >= 0.3 is 0 Å². The fraction of sp³-hybridized carbons (Fsp3) is 0.292. The summed E-state index contributed by atoms with van der Waals surface area (Å²) in [6.07, 6.45) is 4.08. The SMILES string of the molecule is C=CCN(CC=C)C(=O)c1cc2c(n(-c3ccc(Cl)cc3)c1=O)CC(C)(C)CC2=O. The van der Waals surface area contributed by atoms with Crippen molar-refractivity contribution in [2.24, 2.45) is 5.41 Å². The van der Waals surface area contributed by atoms with Crippen LogP contribution in [-0.2, 0) is 6.42 Å². The zero-order chi connectivity index (χ0) is 22.1. The minimum Gasteiger partial charge on any atom is -0.331 e. The van der Waals surface area contributed by atoms with Gasteiger partial charge in [0, 0.05) is 41.5 Å². The zero-order valence-electron chi connectivity index (χ0n) is 17.3. The molecule has 1 aromatic carbocycles. The van der Waals surface area contributed by atoms with Gasteiger partial charge < -0.3 is 4.90 Å². The van der Waals surface area contributed by atoms with Gasteiger partial charge in [0.2, 0.25) is 0 Å². The Hall–Kier alpha value is -2.92. The van der Waals surface area contributed by atoms with Crippen molar-refractivity contribution in [1.29, 1.82) is 0 Å². The monoisotopic (exact) mass is 424 g/mol. The number of aromatic nitrogens is 1. The van der Waals surface area contributed by atoms with Crippen LogP contribution in [0, 0.1) is 5.41 Å². The normalized spacial score (nSPS) is 14.7. The zero-order valence-corrected chi connectivity index (χ0v) is 18.0. The quantitative estimate of drug-likeness (QED) is 0.643. The van der Waals surface area contributed by atoms with Crippen molar-refractivity contribution in [3.05, 3.63) is 87.8 Å². The number of Topliss-reactive ketones (excluding diaryl/α,β-unsaturated/α-hetero) is 1. The predicted molar refractivity (Wildman–Crippen MR) is 120 cm³/mol. The third-order valence-corrected chi connectivity index (χ3v) is 5.44. The van der Waals surface area contributed by atoms with Crippen LogP contribution in [0.4, 0.5) is 0 Å². The number of rotatable bonds is 6. The van der Waals surface area contributed by atoms with Crippen LogP contribution >= 0.6 is 11.6 Å². The van der Waals surface area contributed by atoms with E-state index in [1.54, 1.807) is 36.4 Å². The molecular formula is C24H25ClN2O3. The number of halogens is 1. The minimum absolute atomic E-state index is 0.0412. The van der Waals surface area contributed by atoms with Crippen molar-refractivity contribution in [1.82, 2.24) is 9.47 Å². The Morgan fingerprint density at radius 1 is 1.13 bits per heavy atom. The molecule has 0 aliphatic heterocycles. The van der Waals surface area contributed by atoms with E-state index < -0.39 is 11.5 Å². The van der Waals surface area contributed by atoms with Crippen molar-refractivity contribution in [3.63, 3.8) is 0 Å². The van der Waals surface area contributed by atoms with Gasteiger partial charge in [-0.05, 0) is 42.2 Å². The Labute approximate surface area is 181 Å². The highest BCUT2D eigenvalue weighted by molar-refractivity contribution is 6.30. The molecule has 0 fully saturated rings. The van der Waals surface area contributed by atoms with Crippen molar-refractivity contribution in [2.75, 3.05) is 13.1 Å². The molecule has 1 aromatic heterocycles. The summed E-state index contributed by atoms with van der Waals surface area (Å²) in [5.74, 6) is -0.528. The first-order valence-corrected chi connectivity index (χ1v) is 10.2. The van der Waals surface area contributed by atoms with Crippen molar-refractivity contribution in [2.45, 2.75) is 26.7 Å². The first-order chi connectivity index (χ1) is 14.2. The smallest absolute Gasteiger partial charge is 0.268 e. The van der Waals surface area contributed by atoms with Crippen LogP contribution in [0.25, 0.3) is 5.69 Å². The maximum absolute atomic E-state index is 13.5. The molecule has 1 heterocycles. The van der Waals surface area contributed by atoms with E-state index in [1.807, 2.05) is 13.8 Å². The molecule has 5 nitrogen and oxygen atoms in total. The first kappa shape index (κ1) is 21.8. The van der Waals surface area contributed by atoms with Crippen molar-refractivity contribution in [3.8, 4) is 5.69 Å². The summed E-state index contributed by atoms with van der Waals surface area (Å²) in [7, 11) is 0. The lowest BCUT2D eigenvalue weighted by molar-refractivity contribution is 0.0788. The minimum atomic E-state index is -0.456. The number of fused-ring (bicyclic) bond motifs is 1. The largest absolute Gasteiger partial charge is 0.331 e. The van der Waals surface area contributed by atoms with E-state index in [-0.39, 0.29) is 29.9 Å². The van der Waals surface area contributed by atoms with Crippen LogP contribution < -0.4 is 5.56 Å². The van der Waals surface area contributed by atoms with Gasteiger partial charge in [0.1, 0.15) is 5.56 Å². The number of carbonyl (C=O) groups excluding carboxylic acids is 2. The Morgan fingerprint density at radius 3 is 2.30 bits per heavy atom. The summed E-state index contributed by atoms with van der Waals surface area (Å²) >= 11 is 6.02. The molecule has 6 heteroatoms. The average molecular weight is 425 g/mol. The van der Waals surface area contributed by atoms with Gasteiger partial charge in [-0.2, -0.15) is 0 Å². The molecule has 0 saturated carbocycles. The highest BCUT2D eigenvalue weighted by atomic mass is 35.5. The number of pyridine rings is 1. The number of nitrogens with zero attached hydrogens (tertiary/aromatic N) is 2. The summed E-state index contributed by atoms with van der Waals surface area (Å²) in [6, 6.07) is 8.26. The molecule has 0 N–H and O–H groups in total. The second kappa shape index (κ2) is 8.44. The van der Waals surface area contributed by atoms with E-state index in [0.717, 1.165) is 0 Å². The van der Waals surface area contributed by atoms with Crippen LogP contribution in [0.1, 0.15) is 46.7 Å². The van der Waals surface area contributed by atoms with Gasteiger partial charge in [0.15, 0.2) is 5.78 Å². The Balaban J connectivity index is 2.29. The molecule has 0 bridgehead atoms. The molecule has 30 heavy (non-hydrogen) atoms. The van der Waals surface area contributed by atoms with Gasteiger partial charge in [-0.15, -0.1) is 13.2 Å². The van der Waals surface area contributed by atoms with E-state index in [0.29, 0.717) is 34.8 Å². The lowest BCUT2D eigenvalue weighted by Crippen LogP contribution is -2.40. The molecular weight excluding hydrogens is 400 g/mol. The average Bonchev–Trinajstić information content (AvgIpc) is 2.67. The van der Waals surface area contributed by atoms with Crippen LogP contribution in [0.3, 0.4) is 0 Å². The number of benzene rings is 1. The summed E-state index contributed by atoms with van der Waals surface area (Å²) in [6.45, 7) is 11.9. The fourth-order valence-electron chi connectivity index (χ4n) is 3.85. The van der Waals surface area contributed by atoms with E-state index >= 15 is 0 Å². The molecule has 0 spiro atoms. The van der Waals surface area contributed by atoms with Crippen LogP contribution in [-0.4, -0.2) is 34.2 Å². The molecule has 0 atom stereocenters. The van der Waals surface area contributed by atoms with Gasteiger partial charge in [-0.25, -0.2) is 0 Å². The standard InChI is InChI=1S/C24H25ClN2O3/c1-5-11-26(12-6-2)22(29)19-13-18-20(14-24(3,4)15-21(18)28)27(23(19)30)17-9-7-16(25)8-10-17/h5-10,13H,1-2,11-12,14-15H2,3-4H3. The Kier molecular flexibility index (Phi) is 6.13. The second-order valence-corrected chi connectivity index (χ2v) is 8.70. The van der Waals surface area contributed by atoms with E-state index in [1.165, 1.54) is 15.5 Å². The predicted octanol–water partition coefficient (Wildman–Crippen LogP) is 4.46. The van der Waals surface area contributed by atoms with Crippen LogP contribution in [0.5, 0.6) is 0 Å². The molecule has 0 saturated heterocycles. The Morgan fingerprint density at radius 2 is 1.73 bits per heavy atom. The topological polar surface area (TPSA) is 59.4 Å². The number of ketones is 1. The molecule has 3 rings (SSSR count). The van der Waals surface area contributed by atoms with E-state index in [2.05, 4.69) is 13.2 Å². The third-order valence-electron chi connectivity index (χ3n) is 5.19. The van der Waals surface area contributed by atoms with Crippen LogP contribution in [0.2, 0.25) is 5.02 Å². The molecule has 0 radical (unpaired) electrons. The van der Waals surface area contributed by atoms with Gasteiger partial charge in [0.25, 0.3) is 11.5 Å². The molecule has 1 amide bonds. The van der Waals surface area contributed by atoms with Gasteiger partial charge in [-0.1, -0.05) is 37.6 Å². The van der Waals surface area contributed by atoms with Crippen molar-refractivity contribution >= 4 is 23.3 Å². The Bertz CT molecular complexity index is 1070. The van der Waals surface area contributed by atoms with Crippen molar-refractivity contribution < 1.29 is 9.59 Å². The number of hydrogen-bond acceptors (Lipinski definition) is 3. The van der Waals surface area contributed by atoms with Gasteiger partial charge in [-0.3, -0.25) is 19.0 Å². The summed E-state index contributed by atoms with van der Waals surface area (Å²) < 4.78 is 1.48. The number of amides is 1. The number of hydrogen-bond donors (Lipinski definition) is 0. The van der Waals surface area contributed by atoms with E-state index in [4.69, 9.17) is 11.6 Å². The summed E-state index contributed by atoms with van der Waals surface area (Å²) in [4.78, 5) is 41.1. The highest BCUT2D eigenvalue weighted by Crippen LogP contribution is 2.35. The third kappa shape index (κ3) is 4.17. The molecule has 156 valence electrons. The van der Waals surface area contributed by atoms with Crippen LogP contribution in [0.15, 0.2) is 60.4 Å². The maximum Gasteiger partial charge on any atom is 0.268 e. The fourth-order valence-corrected chi connectivity index (χ4v) is 3.98. The molecule has 2 aromatic rings. The van der Waals surface area contributed by atoms with E-state index in [9.17, 15) is 14.4 Å². The lowest BCUT2D eigenvalue weighted by atomic mass is 9.75. The summed E-state index contributed by atoms with van der Waals surface area (Å²) in [5.41, 5.74) is 0.835. The molecule has 0 unspecified atom stereocenters. The maximum atomic E-state index is 13.5. The number of carbonyl (C=O) groups is 2. The second-order valence-electron chi connectivity index (χ2n) is 8.26. The first-order valence-electron chi connectivity index (χ1n) is 9.77. The molecule has 1 aliphatic carbocycles. The summed E-state index contributed by atoms with van der Waals surface area (Å²) in [5, 5.41) is 0.535. The van der Waals surface area contributed by atoms with Gasteiger partial charge in [0.05, 0.1) is 0 Å². The lowest BCUT2D eigenvalue weighted by Gasteiger charge is -2.32. The molecule has 1 aliphatic rings.